The lowest BCUT2D eigenvalue weighted by Crippen LogP contribution is -2.51. The molecule has 1 saturated heterocycles. The van der Waals surface area contributed by atoms with Gasteiger partial charge in [0.05, 0.1) is 11.8 Å². The Morgan fingerprint density at radius 2 is 1.81 bits per heavy atom. The highest BCUT2D eigenvalue weighted by atomic mass is 19.4. The summed E-state index contributed by atoms with van der Waals surface area (Å²) < 4.78 is 43.8. The van der Waals surface area contributed by atoms with Crippen LogP contribution in [0.25, 0.3) is 11.3 Å². The minimum Gasteiger partial charge on any atom is -0.444 e. The largest absolute Gasteiger partial charge is 0.444 e. The van der Waals surface area contributed by atoms with Crippen LogP contribution in [0.1, 0.15) is 11.1 Å². The van der Waals surface area contributed by atoms with Crippen molar-refractivity contribution in [2.45, 2.75) is 12.7 Å². The lowest BCUT2D eigenvalue weighted by molar-refractivity contribution is -0.137. The van der Waals surface area contributed by atoms with Crippen molar-refractivity contribution < 1.29 is 22.4 Å². The minimum atomic E-state index is -4.40. The number of urea groups is 1. The fourth-order valence-corrected chi connectivity index (χ4v) is 3.51. The number of halogens is 3. The Bertz CT molecular complexity index is 1010. The number of piperazine rings is 1. The summed E-state index contributed by atoms with van der Waals surface area (Å²) >= 11 is 0. The van der Waals surface area contributed by atoms with E-state index in [0.29, 0.717) is 37.5 Å². The fourth-order valence-electron chi connectivity index (χ4n) is 3.51. The van der Waals surface area contributed by atoms with E-state index in [9.17, 15) is 18.0 Å². The van der Waals surface area contributed by atoms with Crippen molar-refractivity contribution in [2.75, 3.05) is 31.1 Å². The summed E-state index contributed by atoms with van der Waals surface area (Å²) in [6.45, 7) is 2.43. The number of hydrogen-bond donors (Lipinski definition) is 1. The maximum Gasteiger partial charge on any atom is 0.416 e. The molecule has 9 heteroatoms. The number of aromatic nitrogens is 1. The van der Waals surface area contributed by atoms with Gasteiger partial charge in [0.25, 0.3) is 0 Å². The van der Waals surface area contributed by atoms with E-state index >= 15 is 0 Å². The van der Waals surface area contributed by atoms with Crippen LogP contribution in [0.2, 0.25) is 0 Å². The number of oxazole rings is 1. The first-order valence-electron chi connectivity index (χ1n) is 9.83. The number of alkyl halides is 3. The number of amides is 2. The summed E-state index contributed by atoms with van der Waals surface area (Å²) in [4.78, 5) is 20.2. The van der Waals surface area contributed by atoms with Crippen LogP contribution < -0.4 is 10.2 Å². The molecule has 6 nitrogen and oxygen atoms in total. The summed E-state index contributed by atoms with van der Waals surface area (Å²) in [5.41, 5.74) is 1.68. The molecule has 4 rings (SSSR count). The lowest BCUT2D eigenvalue weighted by atomic mass is 10.1. The number of carbonyl (C=O) groups is 1. The topological polar surface area (TPSA) is 61.6 Å². The van der Waals surface area contributed by atoms with Crippen molar-refractivity contribution in [1.29, 1.82) is 0 Å². The number of carbonyl (C=O) groups excluding carboxylic acids is 1. The fraction of sp³-hybridized carbons (Fsp3) is 0.273. The molecular formula is C22H21F3N4O2. The normalized spacial score (nSPS) is 14.5. The average molecular weight is 430 g/mol. The molecule has 162 valence electrons. The maximum atomic E-state index is 12.8. The molecule has 1 aliphatic heterocycles. The molecule has 0 unspecified atom stereocenters. The van der Waals surface area contributed by atoms with Gasteiger partial charge in [-0.2, -0.15) is 13.2 Å². The highest BCUT2D eigenvalue weighted by molar-refractivity contribution is 5.74. The molecule has 1 fully saturated rings. The number of rotatable bonds is 4. The molecule has 1 aliphatic rings. The van der Waals surface area contributed by atoms with Gasteiger partial charge in [0.15, 0.2) is 12.2 Å². The van der Waals surface area contributed by atoms with Gasteiger partial charge in [-0.05, 0) is 42.0 Å². The zero-order valence-corrected chi connectivity index (χ0v) is 16.6. The number of nitrogens with one attached hydrogen (secondary N) is 1. The summed E-state index contributed by atoms with van der Waals surface area (Å²) in [6, 6.07) is 12.6. The highest BCUT2D eigenvalue weighted by Crippen LogP contribution is 2.29. The van der Waals surface area contributed by atoms with Crippen LogP contribution in [-0.4, -0.2) is 42.1 Å². The van der Waals surface area contributed by atoms with Gasteiger partial charge in [-0.3, -0.25) is 0 Å². The molecule has 0 saturated carbocycles. The Hall–Kier alpha value is -3.49. The highest BCUT2D eigenvalue weighted by Gasteiger charge is 2.30. The summed E-state index contributed by atoms with van der Waals surface area (Å²) in [5.74, 6) is 0.703. The van der Waals surface area contributed by atoms with Crippen molar-refractivity contribution in [3.63, 3.8) is 0 Å². The van der Waals surface area contributed by atoms with Crippen LogP contribution >= 0.6 is 0 Å². The molecular weight excluding hydrogens is 409 g/mol. The van der Waals surface area contributed by atoms with Gasteiger partial charge in [0.2, 0.25) is 0 Å². The molecule has 3 aromatic rings. The summed E-state index contributed by atoms with van der Waals surface area (Å²) in [5, 5.41) is 2.71. The molecule has 0 radical (unpaired) electrons. The Balaban J connectivity index is 1.28. The van der Waals surface area contributed by atoms with Gasteiger partial charge in [-0.15, -0.1) is 0 Å². The molecule has 0 aliphatic carbocycles. The van der Waals surface area contributed by atoms with Gasteiger partial charge in [0, 0.05) is 44.0 Å². The van der Waals surface area contributed by atoms with E-state index in [4.69, 9.17) is 4.42 Å². The quantitative estimate of drug-likeness (QED) is 0.667. The number of benzene rings is 2. The molecule has 0 atom stereocenters. The molecule has 1 aromatic heterocycles. The van der Waals surface area contributed by atoms with E-state index in [2.05, 4.69) is 15.2 Å². The third-order valence-corrected chi connectivity index (χ3v) is 5.21. The zero-order valence-electron chi connectivity index (χ0n) is 16.6. The van der Waals surface area contributed by atoms with Crippen molar-refractivity contribution >= 4 is 11.7 Å². The first kappa shape index (κ1) is 20.8. The van der Waals surface area contributed by atoms with E-state index in [1.165, 1.54) is 12.5 Å². The van der Waals surface area contributed by atoms with Crippen LogP contribution in [0.5, 0.6) is 0 Å². The van der Waals surface area contributed by atoms with Gasteiger partial charge in [-0.1, -0.05) is 12.1 Å². The second-order valence-electron chi connectivity index (χ2n) is 7.24. The van der Waals surface area contributed by atoms with Crippen molar-refractivity contribution in [3.05, 3.63) is 72.2 Å². The third kappa shape index (κ3) is 4.99. The minimum absolute atomic E-state index is 0.0477. The standard InChI is InChI=1S/C22H21F3N4O2/c23-22(24,25)18-3-1-2-16(12-18)13-27-21(30)29-10-8-28(9-11-29)19-6-4-17(5-7-19)20-14-26-15-31-20/h1-7,12,14-15H,8-11,13H2,(H,27,30). The molecule has 0 spiro atoms. The van der Waals surface area contributed by atoms with Gasteiger partial charge in [0.1, 0.15) is 0 Å². The predicted molar refractivity (Wildman–Crippen MR) is 109 cm³/mol. The Labute approximate surface area is 177 Å². The summed E-state index contributed by atoms with van der Waals surface area (Å²) in [7, 11) is 0. The van der Waals surface area contributed by atoms with Crippen molar-refractivity contribution in [3.8, 4) is 11.3 Å². The Morgan fingerprint density at radius 3 is 2.45 bits per heavy atom. The van der Waals surface area contributed by atoms with Gasteiger partial charge >= 0.3 is 12.2 Å². The van der Waals surface area contributed by atoms with Crippen LogP contribution in [-0.2, 0) is 12.7 Å². The molecule has 31 heavy (non-hydrogen) atoms. The SMILES string of the molecule is O=C(NCc1cccc(C(F)(F)F)c1)N1CCN(c2ccc(-c3cnco3)cc2)CC1. The number of anilines is 1. The average Bonchev–Trinajstić information content (AvgIpc) is 3.32. The Morgan fingerprint density at radius 1 is 1.06 bits per heavy atom. The number of hydrogen-bond acceptors (Lipinski definition) is 4. The molecule has 2 heterocycles. The van der Waals surface area contributed by atoms with Crippen molar-refractivity contribution in [2.24, 2.45) is 0 Å². The first-order valence-corrected chi connectivity index (χ1v) is 9.83. The van der Waals surface area contributed by atoms with Gasteiger partial charge in [-0.25, -0.2) is 9.78 Å². The number of nitrogens with zero attached hydrogens (tertiary/aromatic N) is 3. The van der Waals surface area contributed by atoms with E-state index in [-0.39, 0.29) is 12.6 Å². The smallest absolute Gasteiger partial charge is 0.416 e. The monoisotopic (exact) mass is 430 g/mol. The Kier molecular flexibility index (Phi) is 5.83. The predicted octanol–water partition coefficient (Wildman–Crippen LogP) is 4.39. The van der Waals surface area contributed by atoms with Gasteiger partial charge < -0.3 is 19.5 Å². The molecule has 2 amide bonds. The van der Waals surface area contributed by atoms with Crippen LogP contribution in [0.4, 0.5) is 23.7 Å². The molecule has 2 aromatic carbocycles. The second-order valence-corrected chi connectivity index (χ2v) is 7.24. The zero-order chi connectivity index (χ0) is 21.8. The van der Waals surface area contributed by atoms with E-state index in [1.54, 1.807) is 17.2 Å². The third-order valence-electron chi connectivity index (χ3n) is 5.21. The summed E-state index contributed by atoms with van der Waals surface area (Å²) in [6.07, 6.45) is -1.35. The van der Waals surface area contributed by atoms with E-state index in [0.717, 1.165) is 23.4 Å². The van der Waals surface area contributed by atoms with Crippen LogP contribution in [0.3, 0.4) is 0 Å². The first-order chi connectivity index (χ1) is 14.9. The van der Waals surface area contributed by atoms with Crippen LogP contribution in [0, 0.1) is 0 Å². The van der Waals surface area contributed by atoms with E-state index < -0.39 is 11.7 Å². The van der Waals surface area contributed by atoms with Crippen LogP contribution in [0.15, 0.2) is 65.5 Å². The maximum absolute atomic E-state index is 12.8. The lowest BCUT2D eigenvalue weighted by Gasteiger charge is -2.36. The molecule has 0 bridgehead atoms. The second kappa shape index (κ2) is 8.71. The molecule has 1 N–H and O–H groups in total. The van der Waals surface area contributed by atoms with E-state index in [1.807, 2.05) is 24.3 Å². The van der Waals surface area contributed by atoms with Crippen molar-refractivity contribution in [1.82, 2.24) is 15.2 Å².